The van der Waals surface area contributed by atoms with Crippen molar-refractivity contribution in [2.75, 3.05) is 13.1 Å². The molecule has 5 nitrogen and oxygen atoms in total. The summed E-state index contributed by atoms with van der Waals surface area (Å²) in [4.78, 5) is 14.7. The predicted octanol–water partition coefficient (Wildman–Crippen LogP) is 2.25. The fourth-order valence-electron chi connectivity index (χ4n) is 3.30. The molecule has 3 rings (SSSR count). The molecule has 1 aliphatic carbocycles. The number of piperidine rings is 1. The molecule has 1 N–H and O–H groups in total. The summed E-state index contributed by atoms with van der Waals surface area (Å²) < 4.78 is 27.3. The lowest BCUT2D eigenvalue weighted by Gasteiger charge is -2.35. The molecule has 1 amide bonds. The Morgan fingerprint density at radius 2 is 1.83 bits per heavy atom. The first-order valence-electron chi connectivity index (χ1n) is 8.27. The van der Waals surface area contributed by atoms with E-state index in [-0.39, 0.29) is 16.8 Å². The fourth-order valence-corrected chi connectivity index (χ4v) is 4.65. The molecule has 1 aromatic carbocycles. The number of benzene rings is 1. The Morgan fingerprint density at radius 1 is 1.17 bits per heavy atom. The fraction of sp³-hybridized carbons (Fsp3) is 0.588. The summed E-state index contributed by atoms with van der Waals surface area (Å²) in [6, 6.07) is 6.44. The number of hydrogen-bond donors (Lipinski definition) is 1. The number of rotatable bonds is 4. The maximum atomic E-state index is 12.7. The van der Waals surface area contributed by atoms with E-state index in [0.29, 0.717) is 17.4 Å². The molecule has 1 aliphatic heterocycles. The van der Waals surface area contributed by atoms with Crippen molar-refractivity contribution < 1.29 is 13.2 Å². The van der Waals surface area contributed by atoms with E-state index in [9.17, 15) is 13.2 Å². The van der Waals surface area contributed by atoms with Crippen LogP contribution in [0.2, 0.25) is 0 Å². The van der Waals surface area contributed by atoms with Crippen LogP contribution in [0.3, 0.4) is 0 Å². The van der Waals surface area contributed by atoms with E-state index in [1.165, 1.54) is 6.07 Å². The number of sulfonamides is 1. The number of hydrogen-bond acceptors (Lipinski definition) is 3. The highest BCUT2D eigenvalue weighted by Crippen LogP contribution is 2.25. The summed E-state index contributed by atoms with van der Waals surface area (Å²) >= 11 is 0. The van der Waals surface area contributed by atoms with Gasteiger partial charge in [0.05, 0.1) is 4.90 Å². The maximum absolute atomic E-state index is 12.7. The number of carbonyl (C=O) groups excluding carboxylic acids is 1. The van der Waals surface area contributed by atoms with Gasteiger partial charge in [0.25, 0.3) is 5.91 Å². The zero-order valence-corrected chi connectivity index (χ0v) is 14.5. The van der Waals surface area contributed by atoms with Crippen molar-refractivity contribution in [3.63, 3.8) is 0 Å². The molecular weight excluding hydrogens is 312 g/mol. The molecule has 0 spiro atoms. The number of carbonyl (C=O) groups is 1. The van der Waals surface area contributed by atoms with Crippen LogP contribution in [0.4, 0.5) is 0 Å². The van der Waals surface area contributed by atoms with E-state index < -0.39 is 10.0 Å². The SMILES string of the molecule is CC1CC(C)CN(C(=O)c2cccc(S(=O)(=O)NC3CC3)c2)C1. The molecule has 126 valence electrons. The molecule has 2 unspecified atom stereocenters. The molecule has 1 saturated heterocycles. The summed E-state index contributed by atoms with van der Waals surface area (Å²) in [7, 11) is -3.53. The van der Waals surface area contributed by atoms with Gasteiger partial charge in [0, 0.05) is 24.7 Å². The van der Waals surface area contributed by atoms with Gasteiger partial charge in [0.2, 0.25) is 10.0 Å². The molecule has 2 aliphatic rings. The summed E-state index contributed by atoms with van der Waals surface area (Å²) in [5.74, 6) is 0.879. The van der Waals surface area contributed by atoms with Crippen molar-refractivity contribution in [3.05, 3.63) is 29.8 Å². The minimum Gasteiger partial charge on any atom is -0.338 e. The molecule has 0 aromatic heterocycles. The Kier molecular flexibility index (Phi) is 4.47. The quantitative estimate of drug-likeness (QED) is 0.917. The van der Waals surface area contributed by atoms with Gasteiger partial charge in [-0.2, -0.15) is 0 Å². The van der Waals surface area contributed by atoms with Crippen molar-refractivity contribution in [2.24, 2.45) is 11.8 Å². The van der Waals surface area contributed by atoms with E-state index in [1.54, 1.807) is 18.2 Å². The second-order valence-corrected chi connectivity index (χ2v) is 8.79. The Bertz CT molecular complexity index is 688. The lowest BCUT2D eigenvalue weighted by molar-refractivity contribution is 0.0623. The van der Waals surface area contributed by atoms with Crippen LogP contribution in [0.25, 0.3) is 0 Å². The highest BCUT2D eigenvalue weighted by atomic mass is 32.2. The minimum absolute atomic E-state index is 0.0585. The van der Waals surface area contributed by atoms with Gasteiger partial charge in [-0.05, 0) is 49.3 Å². The van der Waals surface area contributed by atoms with E-state index >= 15 is 0 Å². The van der Waals surface area contributed by atoms with Gasteiger partial charge in [-0.1, -0.05) is 19.9 Å². The normalized spacial score (nSPS) is 25.4. The van der Waals surface area contributed by atoms with E-state index in [2.05, 4.69) is 18.6 Å². The molecule has 1 heterocycles. The Morgan fingerprint density at radius 3 is 2.43 bits per heavy atom. The molecule has 2 atom stereocenters. The summed E-state index contributed by atoms with van der Waals surface area (Å²) in [6.07, 6.45) is 2.91. The zero-order valence-electron chi connectivity index (χ0n) is 13.7. The van der Waals surface area contributed by atoms with Gasteiger partial charge >= 0.3 is 0 Å². The molecule has 0 radical (unpaired) electrons. The van der Waals surface area contributed by atoms with Gasteiger partial charge in [0.1, 0.15) is 0 Å². The molecular formula is C17H24N2O3S. The van der Waals surface area contributed by atoms with Crippen LogP contribution in [0.5, 0.6) is 0 Å². The van der Waals surface area contributed by atoms with Crippen molar-refractivity contribution in [2.45, 2.75) is 44.0 Å². The third kappa shape index (κ3) is 3.93. The molecule has 0 bridgehead atoms. The highest BCUT2D eigenvalue weighted by molar-refractivity contribution is 7.89. The average molecular weight is 336 g/mol. The number of nitrogens with zero attached hydrogens (tertiary/aromatic N) is 1. The van der Waals surface area contributed by atoms with Crippen molar-refractivity contribution in [3.8, 4) is 0 Å². The smallest absolute Gasteiger partial charge is 0.253 e. The molecule has 1 aromatic rings. The van der Waals surface area contributed by atoms with Gasteiger partial charge in [-0.25, -0.2) is 13.1 Å². The Labute approximate surface area is 138 Å². The first-order valence-corrected chi connectivity index (χ1v) is 9.75. The first-order chi connectivity index (χ1) is 10.8. The van der Waals surface area contributed by atoms with Gasteiger partial charge in [-0.3, -0.25) is 4.79 Å². The highest BCUT2D eigenvalue weighted by Gasteiger charge is 2.29. The standard InChI is InChI=1S/C17H24N2O3S/c1-12-8-13(2)11-19(10-12)17(20)14-4-3-5-16(9-14)23(21,22)18-15-6-7-15/h3-5,9,12-13,15,18H,6-8,10-11H2,1-2H3. The molecule has 2 fully saturated rings. The lowest BCUT2D eigenvalue weighted by Crippen LogP contribution is -2.42. The Balaban J connectivity index is 1.80. The van der Waals surface area contributed by atoms with Crippen molar-refractivity contribution in [1.29, 1.82) is 0 Å². The Hall–Kier alpha value is -1.40. The third-order valence-corrected chi connectivity index (χ3v) is 5.96. The van der Waals surface area contributed by atoms with Crippen LogP contribution in [0.1, 0.15) is 43.5 Å². The molecule has 6 heteroatoms. The lowest BCUT2D eigenvalue weighted by atomic mass is 9.91. The first kappa shape index (κ1) is 16.5. The number of amides is 1. The monoisotopic (exact) mass is 336 g/mol. The van der Waals surface area contributed by atoms with Crippen LogP contribution in [-0.2, 0) is 10.0 Å². The topological polar surface area (TPSA) is 66.5 Å². The van der Waals surface area contributed by atoms with E-state index in [1.807, 2.05) is 4.90 Å². The minimum atomic E-state index is -3.53. The second-order valence-electron chi connectivity index (χ2n) is 7.08. The number of nitrogens with one attached hydrogen (secondary N) is 1. The largest absolute Gasteiger partial charge is 0.338 e. The van der Waals surface area contributed by atoms with Gasteiger partial charge in [-0.15, -0.1) is 0 Å². The summed E-state index contributed by atoms with van der Waals surface area (Å²) in [6.45, 7) is 5.77. The van der Waals surface area contributed by atoms with Crippen LogP contribution in [-0.4, -0.2) is 38.4 Å². The summed E-state index contributed by atoms with van der Waals surface area (Å²) in [5.41, 5.74) is 0.449. The van der Waals surface area contributed by atoms with Crippen LogP contribution in [0, 0.1) is 11.8 Å². The third-order valence-electron chi connectivity index (χ3n) is 4.45. The van der Waals surface area contributed by atoms with E-state index in [0.717, 1.165) is 32.4 Å². The van der Waals surface area contributed by atoms with E-state index in [4.69, 9.17) is 0 Å². The van der Waals surface area contributed by atoms with Crippen LogP contribution in [0.15, 0.2) is 29.2 Å². The average Bonchev–Trinajstić information content (AvgIpc) is 3.29. The maximum Gasteiger partial charge on any atom is 0.253 e. The summed E-state index contributed by atoms with van der Waals surface area (Å²) in [5, 5.41) is 0. The number of likely N-dealkylation sites (tertiary alicyclic amines) is 1. The zero-order chi connectivity index (χ0) is 16.6. The predicted molar refractivity (Wildman–Crippen MR) is 88.6 cm³/mol. The van der Waals surface area contributed by atoms with Gasteiger partial charge in [0.15, 0.2) is 0 Å². The van der Waals surface area contributed by atoms with Crippen LogP contribution < -0.4 is 4.72 Å². The van der Waals surface area contributed by atoms with Gasteiger partial charge < -0.3 is 4.90 Å². The second kappa shape index (κ2) is 6.24. The molecule has 23 heavy (non-hydrogen) atoms. The molecule has 1 saturated carbocycles. The van der Waals surface area contributed by atoms with Crippen molar-refractivity contribution >= 4 is 15.9 Å². The van der Waals surface area contributed by atoms with Crippen molar-refractivity contribution in [1.82, 2.24) is 9.62 Å². The van der Waals surface area contributed by atoms with Crippen LogP contribution >= 0.6 is 0 Å².